The molecule has 1 aliphatic rings. The zero-order chi connectivity index (χ0) is 20.3. The molecule has 1 heterocycles. The molecule has 6 nitrogen and oxygen atoms in total. The second kappa shape index (κ2) is 8.33. The Morgan fingerprint density at radius 2 is 1.96 bits per heavy atom. The van der Waals surface area contributed by atoms with Crippen LogP contribution in [0.5, 0.6) is 5.75 Å². The third-order valence-electron chi connectivity index (χ3n) is 4.96. The van der Waals surface area contributed by atoms with Crippen molar-refractivity contribution in [3.8, 4) is 5.75 Å². The summed E-state index contributed by atoms with van der Waals surface area (Å²) in [6.07, 6.45) is 1.39. The number of methoxy groups -OCH3 is 1. The van der Waals surface area contributed by atoms with Crippen molar-refractivity contribution in [3.05, 3.63) is 47.5 Å². The molecule has 1 aliphatic heterocycles. The van der Waals surface area contributed by atoms with Crippen molar-refractivity contribution in [1.82, 2.24) is 0 Å². The SMILES string of the molecule is COc1ccc(N[C@@H](C)C(=O)Nc2ccc(C)cc2C)cc1N1CCCC1=O. The molecule has 0 bridgehead atoms. The Balaban J connectivity index is 1.73. The van der Waals surface area contributed by atoms with Crippen LogP contribution in [0.25, 0.3) is 0 Å². The minimum atomic E-state index is -0.448. The van der Waals surface area contributed by atoms with E-state index in [1.54, 1.807) is 12.0 Å². The molecule has 1 atom stereocenters. The van der Waals surface area contributed by atoms with Gasteiger partial charge in [-0.15, -0.1) is 0 Å². The van der Waals surface area contributed by atoms with Gasteiger partial charge in [0.2, 0.25) is 11.8 Å². The van der Waals surface area contributed by atoms with E-state index in [4.69, 9.17) is 4.74 Å². The summed E-state index contributed by atoms with van der Waals surface area (Å²) in [5.74, 6) is 0.617. The third kappa shape index (κ3) is 4.27. The van der Waals surface area contributed by atoms with E-state index in [0.29, 0.717) is 18.7 Å². The molecule has 1 fully saturated rings. The number of nitrogens with one attached hydrogen (secondary N) is 2. The van der Waals surface area contributed by atoms with Crippen molar-refractivity contribution in [2.24, 2.45) is 0 Å². The smallest absolute Gasteiger partial charge is 0.246 e. The van der Waals surface area contributed by atoms with Crippen molar-refractivity contribution < 1.29 is 14.3 Å². The first-order valence-electron chi connectivity index (χ1n) is 9.52. The fourth-order valence-electron chi connectivity index (χ4n) is 3.40. The number of nitrogens with zero attached hydrogens (tertiary/aromatic N) is 1. The first-order chi connectivity index (χ1) is 13.4. The number of benzene rings is 2. The van der Waals surface area contributed by atoms with Crippen molar-refractivity contribution in [2.45, 2.75) is 39.7 Å². The van der Waals surface area contributed by atoms with E-state index in [9.17, 15) is 9.59 Å². The molecular weight excluding hydrogens is 354 g/mol. The zero-order valence-corrected chi connectivity index (χ0v) is 16.8. The number of rotatable bonds is 6. The number of hydrogen-bond acceptors (Lipinski definition) is 4. The second-order valence-corrected chi connectivity index (χ2v) is 7.21. The van der Waals surface area contributed by atoms with Crippen LogP contribution in [0.3, 0.4) is 0 Å². The minimum absolute atomic E-state index is 0.0936. The van der Waals surface area contributed by atoms with Crippen LogP contribution in [0.2, 0.25) is 0 Å². The van der Waals surface area contributed by atoms with Crippen LogP contribution in [0.4, 0.5) is 17.1 Å². The van der Waals surface area contributed by atoms with E-state index in [1.165, 1.54) is 0 Å². The summed E-state index contributed by atoms with van der Waals surface area (Å²) in [6.45, 7) is 6.49. The number of ether oxygens (including phenoxy) is 1. The number of hydrogen-bond donors (Lipinski definition) is 2. The molecule has 2 amide bonds. The van der Waals surface area contributed by atoms with Crippen LogP contribution >= 0.6 is 0 Å². The molecule has 0 spiro atoms. The average molecular weight is 381 g/mol. The fraction of sp³-hybridized carbons (Fsp3) is 0.364. The van der Waals surface area contributed by atoms with E-state index in [2.05, 4.69) is 10.6 Å². The Labute approximate surface area is 165 Å². The molecule has 3 rings (SSSR count). The highest BCUT2D eigenvalue weighted by molar-refractivity contribution is 5.98. The van der Waals surface area contributed by atoms with Crippen molar-refractivity contribution in [2.75, 3.05) is 29.2 Å². The summed E-state index contributed by atoms with van der Waals surface area (Å²) in [4.78, 5) is 26.5. The number of carbonyl (C=O) groups is 2. The Morgan fingerprint density at radius 1 is 1.18 bits per heavy atom. The third-order valence-corrected chi connectivity index (χ3v) is 4.96. The maximum Gasteiger partial charge on any atom is 0.246 e. The molecule has 2 aromatic carbocycles. The minimum Gasteiger partial charge on any atom is -0.495 e. The number of aryl methyl sites for hydroxylation is 2. The second-order valence-electron chi connectivity index (χ2n) is 7.21. The molecule has 0 saturated carbocycles. The maximum absolute atomic E-state index is 12.6. The fourth-order valence-corrected chi connectivity index (χ4v) is 3.40. The van der Waals surface area contributed by atoms with Gasteiger partial charge in [0, 0.05) is 24.3 Å². The lowest BCUT2D eigenvalue weighted by atomic mass is 10.1. The number of anilines is 3. The Morgan fingerprint density at radius 3 is 2.61 bits per heavy atom. The van der Waals surface area contributed by atoms with Crippen molar-refractivity contribution in [3.63, 3.8) is 0 Å². The van der Waals surface area contributed by atoms with Gasteiger partial charge in [0.1, 0.15) is 11.8 Å². The van der Waals surface area contributed by atoms with Crippen molar-refractivity contribution in [1.29, 1.82) is 0 Å². The summed E-state index contributed by atoms with van der Waals surface area (Å²) < 4.78 is 5.41. The van der Waals surface area contributed by atoms with Crippen LogP contribution in [0.15, 0.2) is 36.4 Å². The van der Waals surface area contributed by atoms with Crippen LogP contribution in [0, 0.1) is 13.8 Å². The van der Waals surface area contributed by atoms with Gasteiger partial charge in [-0.2, -0.15) is 0 Å². The lowest BCUT2D eigenvalue weighted by Gasteiger charge is -2.22. The van der Waals surface area contributed by atoms with E-state index < -0.39 is 6.04 Å². The largest absolute Gasteiger partial charge is 0.495 e. The molecular formula is C22H27N3O3. The predicted octanol–water partition coefficient (Wildman–Crippen LogP) is 3.88. The maximum atomic E-state index is 12.6. The highest BCUT2D eigenvalue weighted by atomic mass is 16.5. The number of carbonyl (C=O) groups excluding carboxylic acids is 2. The predicted molar refractivity (Wildman–Crippen MR) is 112 cm³/mol. The topological polar surface area (TPSA) is 70.7 Å². The van der Waals surface area contributed by atoms with Crippen LogP contribution < -0.4 is 20.3 Å². The molecule has 0 aromatic heterocycles. The van der Waals surface area contributed by atoms with Gasteiger partial charge in [-0.3, -0.25) is 9.59 Å². The first kappa shape index (κ1) is 19.7. The Hall–Kier alpha value is -3.02. The lowest BCUT2D eigenvalue weighted by Crippen LogP contribution is -2.32. The summed E-state index contributed by atoms with van der Waals surface area (Å²) in [5.41, 5.74) is 4.49. The van der Waals surface area contributed by atoms with Crippen molar-refractivity contribution >= 4 is 28.9 Å². The van der Waals surface area contributed by atoms with Gasteiger partial charge in [0.15, 0.2) is 0 Å². The van der Waals surface area contributed by atoms with E-state index in [0.717, 1.165) is 34.6 Å². The van der Waals surface area contributed by atoms with Gasteiger partial charge in [0.05, 0.1) is 12.8 Å². The van der Waals surface area contributed by atoms with Gasteiger partial charge < -0.3 is 20.3 Å². The van der Waals surface area contributed by atoms with E-state index >= 15 is 0 Å². The summed E-state index contributed by atoms with van der Waals surface area (Å²) >= 11 is 0. The summed E-state index contributed by atoms with van der Waals surface area (Å²) in [6, 6.07) is 11.0. The van der Waals surface area contributed by atoms with Gasteiger partial charge >= 0.3 is 0 Å². The molecule has 0 aliphatic carbocycles. The highest BCUT2D eigenvalue weighted by Crippen LogP contribution is 2.34. The molecule has 1 saturated heterocycles. The van der Waals surface area contributed by atoms with E-state index in [-0.39, 0.29) is 11.8 Å². The van der Waals surface area contributed by atoms with E-state index in [1.807, 2.05) is 57.2 Å². The van der Waals surface area contributed by atoms with Gasteiger partial charge in [-0.1, -0.05) is 17.7 Å². The summed E-state index contributed by atoms with van der Waals surface area (Å²) in [5, 5.41) is 6.18. The van der Waals surface area contributed by atoms with Gasteiger partial charge in [0.25, 0.3) is 0 Å². The molecule has 148 valence electrons. The highest BCUT2D eigenvalue weighted by Gasteiger charge is 2.25. The molecule has 2 N–H and O–H groups in total. The van der Waals surface area contributed by atoms with Crippen LogP contribution in [-0.4, -0.2) is 31.5 Å². The average Bonchev–Trinajstić information content (AvgIpc) is 3.09. The molecule has 0 radical (unpaired) electrons. The normalized spacial score (nSPS) is 14.7. The molecule has 6 heteroatoms. The zero-order valence-electron chi connectivity index (χ0n) is 16.8. The monoisotopic (exact) mass is 381 g/mol. The van der Waals surface area contributed by atoms with Crippen LogP contribution in [-0.2, 0) is 9.59 Å². The Bertz CT molecular complexity index is 895. The molecule has 0 unspecified atom stereocenters. The summed E-state index contributed by atoms with van der Waals surface area (Å²) in [7, 11) is 1.59. The number of amides is 2. The van der Waals surface area contributed by atoms with Crippen LogP contribution in [0.1, 0.15) is 30.9 Å². The first-order valence-corrected chi connectivity index (χ1v) is 9.52. The van der Waals surface area contributed by atoms with Gasteiger partial charge in [-0.05, 0) is 57.0 Å². The molecule has 28 heavy (non-hydrogen) atoms. The standard InChI is InChI=1S/C22H27N3O3/c1-14-7-9-18(15(2)12-14)24-22(27)16(3)23-17-8-10-20(28-4)19(13-17)25-11-5-6-21(25)26/h7-10,12-13,16,23H,5-6,11H2,1-4H3,(H,24,27)/t16-/m0/s1. The lowest BCUT2D eigenvalue weighted by molar-refractivity contribution is -0.117. The molecule has 2 aromatic rings. The Kier molecular flexibility index (Phi) is 5.87. The van der Waals surface area contributed by atoms with Gasteiger partial charge in [-0.25, -0.2) is 0 Å². The quantitative estimate of drug-likeness (QED) is 0.797.